The van der Waals surface area contributed by atoms with Crippen LogP contribution in [0.25, 0.3) is 0 Å². The van der Waals surface area contributed by atoms with Gasteiger partial charge >= 0.3 is 0 Å². The van der Waals surface area contributed by atoms with Crippen molar-refractivity contribution in [2.24, 2.45) is 4.99 Å². The second-order valence-electron chi connectivity index (χ2n) is 6.88. The van der Waals surface area contributed by atoms with Gasteiger partial charge in [-0.3, -0.25) is 9.67 Å². The predicted molar refractivity (Wildman–Crippen MR) is 117 cm³/mol. The quantitative estimate of drug-likeness (QED) is 0.457. The van der Waals surface area contributed by atoms with Gasteiger partial charge in [-0.2, -0.15) is 5.10 Å². The number of aryl methyl sites for hydroxylation is 1. The molecule has 0 spiro atoms. The highest BCUT2D eigenvalue weighted by atomic mass is 16.5. The first kappa shape index (κ1) is 20.5. The minimum absolute atomic E-state index is 0.704. The highest BCUT2D eigenvalue weighted by Crippen LogP contribution is 2.19. The van der Waals surface area contributed by atoms with E-state index in [-0.39, 0.29) is 0 Å². The van der Waals surface area contributed by atoms with Crippen molar-refractivity contribution in [3.63, 3.8) is 0 Å². The van der Waals surface area contributed by atoms with Gasteiger partial charge in [-0.15, -0.1) is 0 Å². The number of hydrogen-bond donors (Lipinski definition) is 2. The molecule has 0 fully saturated rings. The molecule has 0 aliphatic rings. The molecule has 29 heavy (non-hydrogen) atoms. The highest BCUT2D eigenvalue weighted by molar-refractivity contribution is 5.79. The van der Waals surface area contributed by atoms with E-state index in [1.54, 1.807) is 20.4 Å². The first-order valence-electron chi connectivity index (χ1n) is 9.82. The smallest absolute Gasteiger partial charge is 0.191 e. The number of ether oxygens (including phenoxy) is 1. The lowest BCUT2D eigenvalue weighted by Gasteiger charge is -2.15. The van der Waals surface area contributed by atoms with Crippen molar-refractivity contribution in [3.8, 4) is 5.75 Å². The fraction of sp³-hybridized carbons (Fsp3) is 0.304. The molecule has 6 nitrogen and oxygen atoms in total. The van der Waals surface area contributed by atoms with Gasteiger partial charge in [0.15, 0.2) is 5.96 Å². The van der Waals surface area contributed by atoms with Crippen LogP contribution in [0.4, 0.5) is 0 Å². The lowest BCUT2D eigenvalue weighted by Crippen LogP contribution is -2.38. The summed E-state index contributed by atoms with van der Waals surface area (Å²) in [4.78, 5) is 4.34. The van der Waals surface area contributed by atoms with Gasteiger partial charge in [0, 0.05) is 32.5 Å². The first-order valence-corrected chi connectivity index (χ1v) is 9.82. The Kier molecular flexibility index (Phi) is 7.28. The number of hydrogen-bond acceptors (Lipinski definition) is 3. The molecule has 0 radical (unpaired) electrons. The van der Waals surface area contributed by atoms with Gasteiger partial charge in [0.1, 0.15) is 5.75 Å². The molecule has 0 saturated heterocycles. The van der Waals surface area contributed by atoms with Crippen LogP contribution in [-0.4, -0.2) is 36.4 Å². The predicted octanol–water partition coefficient (Wildman–Crippen LogP) is 3.16. The molecular formula is C23H29N5O. The molecule has 3 rings (SSSR count). The van der Waals surface area contributed by atoms with Gasteiger partial charge in [0.25, 0.3) is 0 Å². The Labute approximate surface area is 172 Å². The second kappa shape index (κ2) is 10.3. The Morgan fingerprint density at radius 1 is 1.10 bits per heavy atom. The zero-order chi connectivity index (χ0) is 20.5. The molecule has 0 aliphatic heterocycles. The van der Waals surface area contributed by atoms with Gasteiger partial charge in [-0.25, -0.2) is 0 Å². The fourth-order valence-electron chi connectivity index (χ4n) is 3.20. The van der Waals surface area contributed by atoms with E-state index < -0.39 is 0 Å². The molecule has 0 aliphatic carbocycles. The highest BCUT2D eigenvalue weighted by Gasteiger charge is 2.05. The Bertz CT molecular complexity index is 934. The average Bonchev–Trinajstić information content (AvgIpc) is 3.25. The van der Waals surface area contributed by atoms with Crippen molar-refractivity contribution in [2.75, 3.05) is 20.7 Å². The molecule has 3 aromatic rings. The van der Waals surface area contributed by atoms with Crippen LogP contribution in [0, 0.1) is 6.92 Å². The third-order valence-corrected chi connectivity index (χ3v) is 4.86. The monoisotopic (exact) mass is 391 g/mol. The van der Waals surface area contributed by atoms with E-state index in [0.717, 1.165) is 36.8 Å². The van der Waals surface area contributed by atoms with Gasteiger partial charge in [0.2, 0.25) is 0 Å². The van der Waals surface area contributed by atoms with Crippen LogP contribution < -0.4 is 15.4 Å². The third-order valence-electron chi connectivity index (χ3n) is 4.86. The summed E-state index contributed by atoms with van der Waals surface area (Å²) >= 11 is 0. The van der Waals surface area contributed by atoms with Crippen LogP contribution in [0.1, 0.15) is 22.3 Å². The largest absolute Gasteiger partial charge is 0.496 e. The molecule has 0 saturated carbocycles. The van der Waals surface area contributed by atoms with E-state index in [2.05, 4.69) is 70.1 Å². The summed E-state index contributed by atoms with van der Waals surface area (Å²) in [6, 6.07) is 16.7. The zero-order valence-electron chi connectivity index (χ0n) is 17.4. The summed E-state index contributed by atoms with van der Waals surface area (Å²) in [6.07, 6.45) is 4.67. The van der Waals surface area contributed by atoms with E-state index in [1.807, 2.05) is 16.9 Å². The minimum atomic E-state index is 0.704. The molecule has 6 heteroatoms. The van der Waals surface area contributed by atoms with E-state index in [9.17, 15) is 0 Å². The number of methoxy groups -OCH3 is 1. The summed E-state index contributed by atoms with van der Waals surface area (Å²) in [5.41, 5.74) is 4.86. The third kappa shape index (κ3) is 5.85. The van der Waals surface area contributed by atoms with Crippen LogP contribution >= 0.6 is 0 Å². The van der Waals surface area contributed by atoms with Gasteiger partial charge in [0.05, 0.1) is 13.7 Å². The minimum Gasteiger partial charge on any atom is -0.496 e. The molecule has 2 N–H and O–H groups in total. The molecule has 0 bridgehead atoms. The Morgan fingerprint density at radius 2 is 1.93 bits per heavy atom. The summed E-state index contributed by atoms with van der Waals surface area (Å²) in [5.74, 6) is 1.72. The van der Waals surface area contributed by atoms with Crippen LogP contribution in [0.5, 0.6) is 5.75 Å². The Balaban J connectivity index is 1.52. The van der Waals surface area contributed by atoms with Crippen LogP contribution in [0.2, 0.25) is 0 Å². The second-order valence-corrected chi connectivity index (χ2v) is 6.88. The zero-order valence-corrected chi connectivity index (χ0v) is 17.4. The van der Waals surface area contributed by atoms with Crippen molar-refractivity contribution in [1.82, 2.24) is 20.4 Å². The number of rotatable bonds is 8. The molecular weight excluding hydrogens is 362 g/mol. The van der Waals surface area contributed by atoms with Crippen molar-refractivity contribution in [2.45, 2.75) is 26.4 Å². The van der Waals surface area contributed by atoms with Crippen LogP contribution in [0.15, 0.2) is 65.9 Å². The van der Waals surface area contributed by atoms with E-state index in [0.29, 0.717) is 6.54 Å². The number of benzene rings is 2. The topological polar surface area (TPSA) is 63.5 Å². The Hall–Kier alpha value is -3.28. The molecule has 0 amide bonds. The average molecular weight is 392 g/mol. The summed E-state index contributed by atoms with van der Waals surface area (Å²) in [7, 11) is 3.50. The molecule has 0 unspecified atom stereocenters. The SMILES string of the molecule is CN=C(NCCc1ccc(C)c(OC)c1)NCc1ccccc1Cn1cccn1. The maximum Gasteiger partial charge on any atom is 0.191 e. The molecule has 1 aromatic heterocycles. The molecule has 152 valence electrons. The summed E-state index contributed by atoms with van der Waals surface area (Å²) in [5, 5.41) is 11.1. The summed E-state index contributed by atoms with van der Waals surface area (Å²) in [6.45, 7) is 4.30. The van der Waals surface area contributed by atoms with Crippen molar-refractivity contribution < 1.29 is 4.74 Å². The van der Waals surface area contributed by atoms with Gasteiger partial charge < -0.3 is 15.4 Å². The normalized spacial score (nSPS) is 11.3. The standard InChI is InChI=1S/C23H29N5O/c1-18-9-10-19(15-22(18)29-3)11-13-25-23(24-2)26-16-20-7-4-5-8-21(20)17-28-14-6-12-27-28/h4-10,12,14-15H,11,13,16-17H2,1-3H3,(H2,24,25,26). The molecule has 1 heterocycles. The van der Waals surface area contributed by atoms with Crippen molar-refractivity contribution in [1.29, 1.82) is 0 Å². The lowest BCUT2D eigenvalue weighted by atomic mass is 10.1. The lowest BCUT2D eigenvalue weighted by molar-refractivity contribution is 0.411. The maximum absolute atomic E-state index is 5.41. The van der Waals surface area contributed by atoms with Gasteiger partial charge in [-0.05, 0) is 47.7 Å². The number of nitrogens with one attached hydrogen (secondary N) is 2. The fourth-order valence-corrected chi connectivity index (χ4v) is 3.20. The summed E-state index contributed by atoms with van der Waals surface area (Å²) < 4.78 is 7.34. The molecule has 2 aromatic carbocycles. The van der Waals surface area contributed by atoms with Crippen LogP contribution in [-0.2, 0) is 19.5 Å². The maximum atomic E-state index is 5.41. The first-order chi connectivity index (χ1) is 14.2. The number of nitrogens with zero attached hydrogens (tertiary/aromatic N) is 3. The number of guanidine groups is 1. The van der Waals surface area contributed by atoms with Crippen LogP contribution in [0.3, 0.4) is 0 Å². The van der Waals surface area contributed by atoms with Crippen molar-refractivity contribution >= 4 is 5.96 Å². The Morgan fingerprint density at radius 3 is 2.66 bits per heavy atom. The van der Waals surface area contributed by atoms with Crippen molar-refractivity contribution in [3.05, 3.63) is 83.2 Å². The van der Waals surface area contributed by atoms with Gasteiger partial charge in [-0.1, -0.05) is 36.4 Å². The molecule has 0 atom stereocenters. The van der Waals surface area contributed by atoms with E-state index in [4.69, 9.17) is 4.74 Å². The van der Waals surface area contributed by atoms with E-state index >= 15 is 0 Å². The number of aliphatic imine (C=N–C) groups is 1. The van der Waals surface area contributed by atoms with E-state index in [1.165, 1.54) is 16.7 Å². The number of aromatic nitrogens is 2.